The smallest absolute Gasteiger partial charge is 0.870 e. The standard InChI is InChI=1S/C32H35F6NO3.C31H33F6NO3.CH4O.Na.2H2O/c1-6-29(7-2,25-9-8-23(20(3)14-25)12-13-30(41,31(33,34)35)32(36,37)38)26-10-11-27(21(4)15-26)24-16-22(18-39-19-24)17-28(40)42-5;1-5-28(6-2,25-9-10-26(20(4)14-25)23-15-21(16-27(39)40)17-38-18-23)24-8-7-22(19(3)13-24)11-12-29(41,30(32,33)34)31(35,36)37;1-2;;;/h8-11,14-16,18-19,41H,6-7,12-13,17H2,1-5H3;7-10,13-15,17-18,41H,5-6,11-12,16H2,1-4H3,(H,39,40);2H,1H3;;2*1H2/q;;;+1;;/p-1. The van der Waals surface area contributed by atoms with Gasteiger partial charge in [-0.1, -0.05) is 100 Å². The number of aliphatic hydroxyl groups excluding tert-OH is 1. The van der Waals surface area contributed by atoms with Crippen LogP contribution in [0.15, 0.2) is 110 Å². The molecular formula is C64H75F12N2NaO9. The normalized spacial score (nSPS) is 12.2. The molecule has 11 nitrogen and oxygen atoms in total. The number of benzene rings is 4. The van der Waals surface area contributed by atoms with Gasteiger partial charge in [-0.05, 0) is 169 Å². The molecule has 0 saturated heterocycles. The van der Waals surface area contributed by atoms with Crippen LogP contribution >= 0.6 is 0 Å². The van der Waals surface area contributed by atoms with Crippen molar-refractivity contribution in [3.63, 3.8) is 0 Å². The van der Waals surface area contributed by atoms with Gasteiger partial charge in [0.1, 0.15) is 0 Å². The predicted octanol–water partition coefficient (Wildman–Crippen LogP) is 11.5. The van der Waals surface area contributed by atoms with Gasteiger partial charge in [-0.3, -0.25) is 19.6 Å². The van der Waals surface area contributed by atoms with Crippen molar-refractivity contribution in [1.29, 1.82) is 0 Å². The molecule has 0 amide bonds. The summed E-state index contributed by atoms with van der Waals surface area (Å²) < 4.78 is 163. The van der Waals surface area contributed by atoms with Crippen molar-refractivity contribution in [2.45, 2.75) is 166 Å². The molecule has 0 radical (unpaired) electrons. The zero-order valence-electron chi connectivity index (χ0n) is 50.9. The SMILES string of the molecule is CCC(CC)(c1ccc(CCC(O)(C(F)(F)F)C(F)(F)F)c(C)c1)c1ccc(-c2cncc(CC(=O)O)c2)c(C)c1.CCC(CC)(c1ccc(CCC(O)(C(F)(F)F)C(F)(F)F)c(C)c1)c1ccc(-c2cncc(CC(=O)OC)c2)c(C)c1.CO.O.[Na+].[OH-]. The largest absolute Gasteiger partial charge is 1.00 e. The summed E-state index contributed by atoms with van der Waals surface area (Å²) in [6, 6.07) is 25.9. The van der Waals surface area contributed by atoms with Crippen LogP contribution in [0.25, 0.3) is 22.3 Å². The average Bonchev–Trinajstić information content (AvgIpc) is 1.01. The van der Waals surface area contributed by atoms with Gasteiger partial charge in [0.2, 0.25) is 0 Å². The van der Waals surface area contributed by atoms with Crippen LogP contribution in [0, 0.1) is 27.7 Å². The molecule has 6 rings (SSSR count). The van der Waals surface area contributed by atoms with E-state index in [1.54, 1.807) is 68.8 Å². The van der Waals surface area contributed by atoms with Gasteiger partial charge in [0, 0.05) is 53.9 Å². The van der Waals surface area contributed by atoms with Gasteiger partial charge < -0.3 is 36.1 Å². The zero-order valence-corrected chi connectivity index (χ0v) is 52.9. The third-order valence-electron chi connectivity index (χ3n) is 16.3. The molecule has 2 aromatic heterocycles. The van der Waals surface area contributed by atoms with Crippen molar-refractivity contribution in [3.8, 4) is 22.3 Å². The Kier molecular flexibility index (Phi) is 29.3. The fraction of sp³-hybridized carbons (Fsp3) is 0.438. The van der Waals surface area contributed by atoms with Crippen LogP contribution in [-0.2, 0) is 50.8 Å². The topological polar surface area (TPSA) is 212 Å². The molecule has 0 aliphatic carbocycles. The van der Waals surface area contributed by atoms with Gasteiger partial charge in [-0.25, -0.2) is 0 Å². The van der Waals surface area contributed by atoms with Gasteiger partial charge in [0.25, 0.3) is 11.2 Å². The third kappa shape index (κ3) is 17.7. The number of pyridine rings is 2. The Labute approximate surface area is 526 Å². The number of nitrogens with zero attached hydrogens (tertiary/aromatic N) is 2. The molecule has 24 heteroatoms. The van der Waals surface area contributed by atoms with Gasteiger partial charge in [0.15, 0.2) is 0 Å². The van der Waals surface area contributed by atoms with E-state index in [0.29, 0.717) is 53.5 Å². The Hall–Kier alpha value is -5.92. The van der Waals surface area contributed by atoms with Crippen LogP contribution < -0.4 is 29.6 Å². The van der Waals surface area contributed by atoms with Crippen molar-refractivity contribution in [1.82, 2.24) is 9.97 Å². The molecule has 0 aliphatic heterocycles. The van der Waals surface area contributed by atoms with Crippen LogP contribution in [0.5, 0.6) is 0 Å². The Morgan fingerprint density at radius 1 is 0.477 bits per heavy atom. The second-order valence-corrected chi connectivity index (χ2v) is 21.1. The summed E-state index contributed by atoms with van der Waals surface area (Å²) in [4.78, 5) is 31.3. The van der Waals surface area contributed by atoms with Crippen molar-refractivity contribution < 1.29 is 128 Å². The molecule has 7 N–H and O–H groups in total. The van der Waals surface area contributed by atoms with E-state index >= 15 is 0 Å². The first-order valence-electron chi connectivity index (χ1n) is 27.3. The van der Waals surface area contributed by atoms with Crippen LogP contribution in [0.2, 0.25) is 0 Å². The van der Waals surface area contributed by atoms with E-state index in [1.165, 1.54) is 13.3 Å². The Morgan fingerprint density at radius 3 is 1.03 bits per heavy atom. The van der Waals surface area contributed by atoms with Crippen molar-refractivity contribution >= 4 is 11.9 Å². The summed E-state index contributed by atoms with van der Waals surface area (Å²) in [5, 5.41) is 35.2. The molecule has 4 aromatic carbocycles. The van der Waals surface area contributed by atoms with E-state index in [1.807, 2.05) is 84.0 Å². The number of ether oxygens (including phenoxy) is 1. The first-order chi connectivity index (χ1) is 39.5. The number of hydrogen-bond acceptors (Lipinski definition) is 9. The number of aliphatic hydroxyl groups is 3. The third-order valence-corrected chi connectivity index (χ3v) is 16.3. The van der Waals surface area contributed by atoms with Crippen molar-refractivity contribution in [2.24, 2.45) is 0 Å². The quantitative estimate of drug-likeness (QED) is 0.0323. The van der Waals surface area contributed by atoms with Crippen molar-refractivity contribution in [3.05, 3.63) is 176 Å². The number of carbonyl (C=O) groups is 2. The first-order valence-corrected chi connectivity index (χ1v) is 27.3. The molecule has 0 bridgehead atoms. The first kappa shape index (κ1) is 80.1. The number of alkyl halides is 12. The molecule has 0 unspecified atom stereocenters. The fourth-order valence-corrected chi connectivity index (χ4v) is 11.0. The summed E-state index contributed by atoms with van der Waals surface area (Å²) in [7, 11) is 2.33. The number of aromatic nitrogens is 2. The summed E-state index contributed by atoms with van der Waals surface area (Å²) in [6.45, 7) is 15.3. The Morgan fingerprint density at radius 2 is 0.773 bits per heavy atom. The maximum absolute atomic E-state index is 13.2. The summed E-state index contributed by atoms with van der Waals surface area (Å²) in [5.41, 5.74) is 1.62. The number of rotatable bonds is 20. The van der Waals surface area contributed by atoms with E-state index in [4.69, 9.17) is 14.9 Å². The maximum atomic E-state index is 13.2. The average molecular weight is 1270 g/mol. The molecule has 0 saturated carbocycles. The van der Waals surface area contributed by atoms with E-state index in [-0.39, 0.29) is 59.3 Å². The number of carboxylic acid groups (broad SMARTS) is 1. The molecule has 2 heterocycles. The number of halogens is 12. The number of carboxylic acids is 1. The van der Waals surface area contributed by atoms with Gasteiger partial charge in [-0.15, -0.1) is 0 Å². The van der Waals surface area contributed by atoms with Crippen molar-refractivity contribution in [2.75, 3.05) is 14.2 Å². The van der Waals surface area contributed by atoms with Gasteiger partial charge in [0.05, 0.1) is 20.0 Å². The van der Waals surface area contributed by atoms with Crippen LogP contribution in [0.3, 0.4) is 0 Å². The summed E-state index contributed by atoms with van der Waals surface area (Å²) in [6.07, 6.45) is -18.4. The Bertz CT molecular complexity index is 3220. The molecule has 0 aliphatic rings. The summed E-state index contributed by atoms with van der Waals surface area (Å²) in [5.74, 6) is -1.32. The molecule has 0 fully saturated rings. The van der Waals surface area contributed by atoms with Gasteiger partial charge >= 0.3 is 66.2 Å². The Balaban J connectivity index is 0.000000829. The molecule has 6 aromatic rings. The number of hydrogen-bond donors (Lipinski definition) is 4. The molecule has 88 heavy (non-hydrogen) atoms. The number of aryl methyl sites for hydroxylation is 6. The van der Waals surface area contributed by atoms with E-state index in [0.717, 1.165) is 68.3 Å². The molecular weight excluding hydrogens is 1190 g/mol. The number of aliphatic carboxylic acids is 1. The van der Waals surface area contributed by atoms with Crippen LogP contribution in [0.1, 0.15) is 133 Å². The molecule has 0 spiro atoms. The minimum Gasteiger partial charge on any atom is -0.870 e. The van der Waals surface area contributed by atoms with E-state index < -0.39 is 78.4 Å². The fourth-order valence-electron chi connectivity index (χ4n) is 11.0. The van der Waals surface area contributed by atoms with E-state index in [9.17, 15) is 72.5 Å². The zero-order chi connectivity index (χ0) is 64.3. The van der Waals surface area contributed by atoms with E-state index in [2.05, 4.69) is 16.0 Å². The van der Waals surface area contributed by atoms with Crippen LogP contribution in [0.4, 0.5) is 52.7 Å². The number of methoxy groups -OCH3 is 1. The van der Waals surface area contributed by atoms with Gasteiger partial charge in [-0.2, -0.15) is 52.7 Å². The second-order valence-electron chi connectivity index (χ2n) is 21.1. The minimum atomic E-state index is -5.85. The minimum absolute atomic E-state index is 0. The molecule has 480 valence electrons. The molecule has 0 atom stereocenters. The predicted molar refractivity (Wildman–Crippen MR) is 305 cm³/mol. The second kappa shape index (κ2) is 32.2. The summed E-state index contributed by atoms with van der Waals surface area (Å²) >= 11 is 0. The van der Waals surface area contributed by atoms with Crippen LogP contribution in [-0.4, -0.2) is 103 Å². The maximum Gasteiger partial charge on any atom is 1.00 e. The monoisotopic (exact) mass is 1270 g/mol. The number of esters is 1. The number of carbonyl (C=O) groups excluding carboxylic acids is 1.